The van der Waals surface area contributed by atoms with E-state index in [1.165, 1.54) is 25.3 Å². The Hall–Kier alpha value is -3.39. The molecule has 0 unspecified atom stereocenters. The van der Waals surface area contributed by atoms with Crippen molar-refractivity contribution in [1.82, 2.24) is 10.9 Å². The van der Waals surface area contributed by atoms with Crippen molar-refractivity contribution >= 4 is 29.5 Å². The van der Waals surface area contributed by atoms with Crippen LogP contribution in [0.15, 0.2) is 36.4 Å². The van der Waals surface area contributed by atoms with E-state index < -0.39 is 11.8 Å². The van der Waals surface area contributed by atoms with Gasteiger partial charge in [0.05, 0.1) is 18.7 Å². The molecule has 0 saturated heterocycles. The van der Waals surface area contributed by atoms with Gasteiger partial charge in [-0.3, -0.25) is 20.4 Å². The number of amides is 2. The fraction of sp³-hybridized carbons (Fsp3) is 0.200. The van der Waals surface area contributed by atoms with E-state index in [4.69, 9.17) is 30.5 Å². The van der Waals surface area contributed by atoms with Gasteiger partial charge < -0.3 is 18.9 Å². The summed E-state index contributed by atoms with van der Waals surface area (Å²) in [4.78, 5) is 24.2. The number of fused-ring (bicyclic) bond motifs is 1. The highest BCUT2D eigenvalue weighted by Gasteiger charge is 2.16. The van der Waals surface area contributed by atoms with Crippen molar-refractivity contribution in [3.05, 3.63) is 52.6 Å². The quantitative estimate of drug-likeness (QED) is 0.553. The maximum atomic E-state index is 12.2. The van der Waals surface area contributed by atoms with Crippen molar-refractivity contribution < 1.29 is 28.5 Å². The van der Waals surface area contributed by atoms with Crippen LogP contribution in [0.3, 0.4) is 0 Å². The summed E-state index contributed by atoms with van der Waals surface area (Å²) in [7, 11) is 1.50. The minimum atomic E-state index is -0.524. The molecule has 2 aromatic rings. The first-order chi connectivity index (χ1) is 14.0. The fourth-order valence-corrected chi connectivity index (χ4v) is 2.88. The van der Waals surface area contributed by atoms with Crippen LogP contribution in [0.4, 0.5) is 0 Å². The van der Waals surface area contributed by atoms with Crippen molar-refractivity contribution in [1.29, 1.82) is 0 Å². The van der Waals surface area contributed by atoms with Crippen molar-refractivity contribution in [2.24, 2.45) is 0 Å². The molecule has 0 aromatic heterocycles. The Bertz CT molecular complexity index is 960. The second-order valence-corrected chi connectivity index (χ2v) is 6.22. The molecule has 0 aliphatic carbocycles. The number of methoxy groups -OCH3 is 1. The van der Waals surface area contributed by atoms with E-state index >= 15 is 0 Å². The van der Waals surface area contributed by atoms with Gasteiger partial charge in [-0.1, -0.05) is 11.6 Å². The summed E-state index contributed by atoms with van der Waals surface area (Å²) >= 11 is 6.18. The average molecular weight is 419 g/mol. The van der Waals surface area contributed by atoms with Gasteiger partial charge in [0, 0.05) is 11.6 Å². The van der Waals surface area contributed by atoms with Gasteiger partial charge in [0.15, 0.2) is 23.0 Å². The highest BCUT2D eigenvalue weighted by Crippen LogP contribution is 2.36. The summed E-state index contributed by atoms with van der Waals surface area (Å²) in [5.74, 6) is 0.924. The maximum Gasteiger partial charge on any atom is 0.269 e. The van der Waals surface area contributed by atoms with Crippen molar-refractivity contribution in [2.75, 3.05) is 20.5 Å². The summed E-state index contributed by atoms with van der Waals surface area (Å²) in [6.07, 6.45) is 2.80. The molecular formula is C20H19ClN2O6. The van der Waals surface area contributed by atoms with E-state index in [2.05, 4.69) is 10.9 Å². The smallest absolute Gasteiger partial charge is 0.269 e. The molecule has 2 N–H and O–H groups in total. The molecule has 2 amide bonds. The molecule has 152 valence electrons. The number of carbonyl (C=O) groups is 2. The molecule has 0 spiro atoms. The van der Waals surface area contributed by atoms with Crippen LogP contribution in [0.2, 0.25) is 5.02 Å². The van der Waals surface area contributed by atoms with Gasteiger partial charge in [-0.05, 0) is 48.9 Å². The maximum absolute atomic E-state index is 12.2. The Kier molecular flexibility index (Phi) is 6.46. The molecule has 3 rings (SSSR count). The average Bonchev–Trinajstić information content (AvgIpc) is 3.18. The number of rotatable bonds is 6. The molecule has 0 saturated carbocycles. The van der Waals surface area contributed by atoms with Crippen molar-refractivity contribution in [3.63, 3.8) is 0 Å². The molecule has 1 heterocycles. The van der Waals surface area contributed by atoms with Gasteiger partial charge in [0.1, 0.15) is 0 Å². The Labute approximate surface area is 172 Å². The van der Waals surface area contributed by atoms with Gasteiger partial charge in [0.25, 0.3) is 11.8 Å². The van der Waals surface area contributed by atoms with E-state index in [-0.39, 0.29) is 6.79 Å². The third kappa shape index (κ3) is 4.91. The van der Waals surface area contributed by atoms with E-state index in [0.29, 0.717) is 45.8 Å². The molecule has 1 aliphatic heterocycles. The Morgan fingerprint density at radius 3 is 2.72 bits per heavy atom. The molecule has 0 radical (unpaired) electrons. The molecule has 1 aliphatic rings. The van der Waals surface area contributed by atoms with Crippen LogP contribution < -0.4 is 29.8 Å². The number of benzene rings is 2. The lowest BCUT2D eigenvalue weighted by atomic mass is 10.2. The predicted molar refractivity (Wildman–Crippen MR) is 106 cm³/mol. The first kappa shape index (κ1) is 20.3. The van der Waals surface area contributed by atoms with E-state index in [0.717, 1.165) is 0 Å². The van der Waals surface area contributed by atoms with E-state index in [9.17, 15) is 9.59 Å². The topological polar surface area (TPSA) is 95.1 Å². The second-order valence-electron chi connectivity index (χ2n) is 5.81. The Morgan fingerprint density at radius 1 is 1.17 bits per heavy atom. The monoisotopic (exact) mass is 418 g/mol. The van der Waals surface area contributed by atoms with Crippen LogP contribution in [0.5, 0.6) is 23.0 Å². The third-order valence-corrected chi connectivity index (χ3v) is 4.18. The zero-order valence-electron chi connectivity index (χ0n) is 15.8. The fourth-order valence-electron chi connectivity index (χ4n) is 2.59. The lowest BCUT2D eigenvalue weighted by Gasteiger charge is -2.11. The van der Waals surface area contributed by atoms with Crippen LogP contribution in [0.25, 0.3) is 6.08 Å². The van der Waals surface area contributed by atoms with Crippen LogP contribution >= 0.6 is 11.6 Å². The number of hydrazine groups is 1. The van der Waals surface area contributed by atoms with Crippen LogP contribution in [0.1, 0.15) is 22.8 Å². The highest BCUT2D eigenvalue weighted by atomic mass is 35.5. The zero-order chi connectivity index (χ0) is 20.8. The number of halogens is 1. The summed E-state index contributed by atoms with van der Waals surface area (Å²) in [6.45, 7) is 2.39. The third-order valence-electron chi connectivity index (χ3n) is 3.90. The second kappa shape index (κ2) is 9.20. The molecule has 8 nitrogen and oxygen atoms in total. The van der Waals surface area contributed by atoms with Gasteiger partial charge in [0.2, 0.25) is 6.79 Å². The SMILES string of the molecule is CCOc1cc(/C=C/C(=O)NNC(=O)c2ccc3c(c2)OCO3)cc(Cl)c1OC. The lowest BCUT2D eigenvalue weighted by molar-refractivity contribution is -0.117. The van der Waals surface area contributed by atoms with Gasteiger partial charge in [-0.2, -0.15) is 0 Å². The van der Waals surface area contributed by atoms with Crippen LogP contribution in [-0.4, -0.2) is 32.3 Å². The molecule has 29 heavy (non-hydrogen) atoms. The van der Waals surface area contributed by atoms with Gasteiger partial charge in [-0.15, -0.1) is 0 Å². The summed E-state index contributed by atoms with van der Waals surface area (Å²) in [5.41, 5.74) is 5.60. The Balaban J connectivity index is 1.60. The number of nitrogens with one attached hydrogen (secondary N) is 2. The van der Waals surface area contributed by atoms with Crippen molar-refractivity contribution in [2.45, 2.75) is 6.92 Å². The number of hydrogen-bond acceptors (Lipinski definition) is 6. The minimum absolute atomic E-state index is 0.113. The minimum Gasteiger partial charge on any atom is -0.491 e. The Morgan fingerprint density at radius 2 is 1.97 bits per heavy atom. The predicted octanol–water partition coefficient (Wildman–Crippen LogP) is 2.95. The van der Waals surface area contributed by atoms with Gasteiger partial charge >= 0.3 is 0 Å². The zero-order valence-corrected chi connectivity index (χ0v) is 16.5. The first-order valence-corrected chi connectivity index (χ1v) is 9.08. The summed E-state index contributed by atoms with van der Waals surface area (Å²) in [5, 5.41) is 0.356. The number of hydrogen-bond donors (Lipinski definition) is 2. The van der Waals surface area contributed by atoms with E-state index in [1.807, 2.05) is 6.92 Å². The summed E-state index contributed by atoms with van der Waals surface area (Å²) in [6, 6.07) is 8.07. The lowest BCUT2D eigenvalue weighted by Crippen LogP contribution is -2.40. The van der Waals surface area contributed by atoms with Crippen LogP contribution in [0, 0.1) is 0 Å². The first-order valence-electron chi connectivity index (χ1n) is 8.70. The number of carbonyl (C=O) groups excluding carboxylic acids is 2. The molecule has 0 fully saturated rings. The van der Waals surface area contributed by atoms with Crippen LogP contribution in [-0.2, 0) is 4.79 Å². The van der Waals surface area contributed by atoms with E-state index in [1.54, 1.807) is 24.3 Å². The number of ether oxygens (including phenoxy) is 4. The largest absolute Gasteiger partial charge is 0.491 e. The molecule has 0 bridgehead atoms. The normalized spacial score (nSPS) is 12.0. The molecule has 2 aromatic carbocycles. The highest BCUT2D eigenvalue weighted by molar-refractivity contribution is 6.32. The molecule has 9 heteroatoms. The molecular weight excluding hydrogens is 400 g/mol. The van der Waals surface area contributed by atoms with Gasteiger partial charge in [-0.25, -0.2) is 0 Å². The standard InChI is InChI=1S/C20H19ClN2O6/c1-3-27-17-9-12(8-14(21)19(17)26-2)4-7-18(24)22-23-20(25)13-5-6-15-16(10-13)29-11-28-15/h4-10H,3,11H2,1-2H3,(H,22,24)(H,23,25)/b7-4+. The molecule has 0 atom stereocenters. The summed E-state index contributed by atoms with van der Waals surface area (Å²) < 4.78 is 21.1. The van der Waals surface area contributed by atoms with Crippen molar-refractivity contribution in [3.8, 4) is 23.0 Å².